The molecule has 0 N–H and O–H groups in total. The van der Waals surface area contributed by atoms with Gasteiger partial charge in [-0.15, -0.1) is 0 Å². The lowest BCUT2D eigenvalue weighted by Crippen LogP contribution is -2.28. The summed E-state index contributed by atoms with van der Waals surface area (Å²) < 4.78 is 76.9. The quantitative estimate of drug-likeness (QED) is 0.447. The molecular formula is C19H15F3O5S. The molecule has 0 aromatic heterocycles. The maximum Gasteiger partial charge on any atom is 0.534 e. The van der Waals surface area contributed by atoms with Gasteiger partial charge in [-0.25, -0.2) is 0 Å². The molecule has 3 aromatic rings. The van der Waals surface area contributed by atoms with Crippen molar-refractivity contribution in [2.75, 3.05) is 14.2 Å². The highest BCUT2D eigenvalue weighted by Crippen LogP contribution is 2.41. The van der Waals surface area contributed by atoms with E-state index < -0.39 is 21.4 Å². The van der Waals surface area contributed by atoms with Gasteiger partial charge in [0, 0.05) is 10.9 Å². The van der Waals surface area contributed by atoms with Gasteiger partial charge in [-0.1, -0.05) is 18.2 Å². The van der Waals surface area contributed by atoms with Crippen molar-refractivity contribution in [2.24, 2.45) is 0 Å². The van der Waals surface area contributed by atoms with Crippen LogP contribution in [0.3, 0.4) is 0 Å². The minimum Gasteiger partial charge on any atom is -0.497 e. The Balaban J connectivity index is 2.25. The lowest BCUT2D eigenvalue weighted by Gasteiger charge is -2.16. The first-order valence-electron chi connectivity index (χ1n) is 7.92. The Hall–Kier alpha value is -2.94. The van der Waals surface area contributed by atoms with Crippen LogP contribution in [0.1, 0.15) is 0 Å². The molecule has 0 aliphatic carbocycles. The summed E-state index contributed by atoms with van der Waals surface area (Å²) in [5.41, 5.74) is -4.90. The average molecular weight is 412 g/mol. The van der Waals surface area contributed by atoms with E-state index in [9.17, 15) is 21.6 Å². The van der Waals surface area contributed by atoms with E-state index in [1.54, 1.807) is 36.4 Å². The number of ether oxygens (including phenoxy) is 2. The van der Waals surface area contributed by atoms with Crippen LogP contribution in [-0.4, -0.2) is 28.1 Å². The Morgan fingerprint density at radius 2 is 1.43 bits per heavy atom. The fourth-order valence-electron chi connectivity index (χ4n) is 2.65. The van der Waals surface area contributed by atoms with Gasteiger partial charge in [0.05, 0.1) is 14.2 Å². The van der Waals surface area contributed by atoms with Crippen LogP contribution in [0.15, 0.2) is 54.6 Å². The van der Waals surface area contributed by atoms with E-state index in [2.05, 4.69) is 4.18 Å². The highest BCUT2D eigenvalue weighted by Gasteiger charge is 2.49. The molecule has 0 spiro atoms. The van der Waals surface area contributed by atoms with Gasteiger partial charge in [0.2, 0.25) is 0 Å². The lowest BCUT2D eigenvalue weighted by atomic mass is 9.99. The van der Waals surface area contributed by atoms with Gasteiger partial charge in [0.15, 0.2) is 5.75 Å². The van der Waals surface area contributed by atoms with Crippen molar-refractivity contribution in [1.82, 2.24) is 0 Å². The Kier molecular flexibility index (Phi) is 5.12. The summed E-state index contributed by atoms with van der Waals surface area (Å²) >= 11 is 0. The number of alkyl halides is 3. The molecule has 5 nitrogen and oxygen atoms in total. The minimum absolute atomic E-state index is 0.188. The van der Waals surface area contributed by atoms with Crippen LogP contribution >= 0.6 is 0 Å². The molecule has 0 radical (unpaired) electrons. The molecule has 0 saturated heterocycles. The van der Waals surface area contributed by atoms with Crippen LogP contribution < -0.4 is 13.7 Å². The molecule has 28 heavy (non-hydrogen) atoms. The van der Waals surface area contributed by atoms with E-state index in [-0.39, 0.29) is 10.9 Å². The summed E-state index contributed by atoms with van der Waals surface area (Å²) in [6.07, 6.45) is 0. The number of rotatable bonds is 5. The minimum atomic E-state index is -5.86. The Labute approximate surface area is 159 Å². The molecule has 3 aromatic carbocycles. The molecule has 0 bridgehead atoms. The molecule has 3 rings (SSSR count). The first kappa shape index (κ1) is 19.8. The Bertz CT molecular complexity index is 1110. The van der Waals surface area contributed by atoms with Crippen molar-refractivity contribution < 1.29 is 35.2 Å². The van der Waals surface area contributed by atoms with E-state index in [0.717, 1.165) is 0 Å². The second-order valence-corrected chi connectivity index (χ2v) is 7.28. The summed E-state index contributed by atoms with van der Waals surface area (Å²) in [4.78, 5) is 0. The van der Waals surface area contributed by atoms with Crippen molar-refractivity contribution in [3.63, 3.8) is 0 Å². The van der Waals surface area contributed by atoms with Gasteiger partial charge in [-0.2, -0.15) is 21.6 Å². The van der Waals surface area contributed by atoms with Crippen molar-refractivity contribution in [2.45, 2.75) is 5.51 Å². The molecule has 0 heterocycles. The number of benzene rings is 3. The third kappa shape index (κ3) is 3.70. The summed E-state index contributed by atoms with van der Waals surface area (Å²) in [6, 6.07) is 14.1. The number of fused-ring (bicyclic) bond motifs is 1. The molecule has 148 valence electrons. The Morgan fingerprint density at radius 3 is 2.00 bits per heavy atom. The van der Waals surface area contributed by atoms with E-state index in [1.165, 1.54) is 32.4 Å². The number of hydrogen-bond acceptors (Lipinski definition) is 5. The molecule has 9 heteroatoms. The largest absolute Gasteiger partial charge is 0.534 e. The third-order valence-electron chi connectivity index (χ3n) is 4.06. The van der Waals surface area contributed by atoms with Crippen molar-refractivity contribution in [1.29, 1.82) is 0 Å². The van der Waals surface area contributed by atoms with Crippen molar-refractivity contribution in [3.05, 3.63) is 54.6 Å². The molecule has 0 amide bonds. The predicted octanol–water partition coefficient (Wildman–Crippen LogP) is 4.75. The van der Waals surface area contributed by atoms with Crippen LogP contribution in [0, 0.1) is 0 Å². The average Bonchev–Trinajstić information content (AvgIpc) is 2.66. The second kappa shape index (κ2) is 7.23. The predicted molar refractivity (Wildman–Crippen MR) is 98.1 cm³/mol. The van der Waals surface area contributed by atoms with Crippen LogP contribution in [0.25, 0.3) is 21.9 Å². The molecule has 0 saturated carbocycles. The molecule has 0 atom stereocenters. The molecular weight excluding hydrogens is 397 g/mol. The van der Waals surface area contributed by atoms with E-state index in [1.807, 2.05) is 0 Å². The fraction of sp³-hybridized carbons (Fsp3) is 0.158. The first-order valence-corrected chi connectivity index (χ1v) is 9.33. The van der Waals surface area contributed by atoms with Crippen LogP contribution in [0.4, 0.5) is 13.2 Å². The highest BCUT2D eigenvalue weighted by molar-refractivity contribution is 7.88. The van der Waals surface area contributed by atoms with E-state index in [4.69, 9.17) is 9.47 Å². The first-order chi connectivity index (χ1) is 13.2. The monoisotopic (exact) mass is 412 g/mol. The second-order valence-electron chi connectivity index (χ2n) is 5.74. The van der Waals surface area contributed by atoms with Gasteiger partial charge < -0.3 is 13.7 Å². The Morgan fingerprint density at radius 1 is 0.821 bits per heavy atom. The van der Waals surface area contributed by atoms with Gasteiger partial charge in [-0.05, 0) is 47.3 Å². The van der Waals surface area contributed by atoms with Crippen molar-refractivity contribution in [3.8, 4) is 28.4 Å². The van der Waals surface area contributed by atoms with Crippen LogP contribution in [-0.2, 0) is 10.1 Å². The molecule has 0 unspecified atom stereocenters. The standard InChI is InChI=1S/C19H15F3O5S/c1-25-14-6-3-12(4-7-14)16-9-5-13-11-15(26-2)8-10-17(13)18(16)27-28(23,24)19(20,21)22/h3-11H,1-2H3. The molecule has 0 aliphatic heterocycles. The van der Waals surface area contributed by atoms with Crippen molar-refractivity contribution >= 4 is 20.9 Å². The fourth-order valence-corrected chi connectivity index (χ4v) is 3.14. The van der Waals surface area contributed by atoms with Crippen LogP contribution in [0.2, 0.25) is 0 Å². The number of halogens is 3. The number of hydrogen-bond donors (Lipinski definition) is 0. The van der Waals surface area contributed by atoms with E-state index >= 15 is 0 Å². The summed E-state index contributed by atoms with van der Waals surface area (Å²) in [5, 5.41) is 0.658. The smallest absolute Gasteiger partial charge is 0.497 e. The maximum absolute atomic E-state index is 12.9. The maximum atomic E-state index is 12.9. The molecule has 0 aliphatic rings. The van der Waals surface area contributed by atoms with Gasteiger partial charge in [-0.3, -0.25) is 0 Å². The third-order valence-corrected chi connectivity index (χ3v) is 5.01. The van der Waals surface area contributed by atoms with Gasteiger partial charge in [0.1, 0.15) is 11.5 Å². The van der Waals surface area contributed by atoms with Gasteiger partial charge in [0.25, 0.3) is 0 Å². The number of methoxy groups -OCH3 is 2. The molecule has 0 fully saturated rings. The lowest BCUT2D eigenvalue weighted by molar-refractivity contribution is -0.0499. The summed E-state index contributed by atoms with van der Waals surface area (Å²) in [6.45, 7) is 0. The van der Waals surface area contributed by atoms with E-state index in [0.29, 0.717) is 22.4 Å². The van der Waals surface area contributed by atoms with Crippen LogP contribution in [0.5, 0.6) is 17.2 Å². The zero-order valence-corrected chi connectivity index (χ0v) is 15.6. The highest BCUT2D eigenvalue weighted by atomic mass is 32.2. The summed E-state index contributed by atoms with van der Waals surface area (Å²) in [7, 11) is -2.94. The van der Waals surface area contributed by atoms with Gasteiger partial charge >= 0.3 is 15.6 Å². The zero-order chi connectivity index (χ0) is 20.5. The SMILES string of the molecule is COc1ccc(-c2ccc3cc(OC)ccc3c2OS(=O)(=O)C(F)(F)F)cc1. The normalized spacial score (nSPS) is 12.0. The zero-order valence-electron chi connectivity index (χ0n) is 14.8. The topological polar surface area (TPSA) is 61.8 Å². The summed E-state index contributed by atoms with van der Waals surface area (Å²) in [5.74, 6) is 0.594.